The quantitative estimate of drug-likeness (QED) is 0.302. The van der Waals surface area contributed by atoms with E-state index in [1.54, 1.807) is 58.9 Å². The first-order valence-electron chi connectivity index (χ1n) is 14.5. The zero-order valence-corrected chi connectivity index (χ0v) is 24.7. The number of anilines is 2. The van der Waals surface area contributed by atoms with Crippen LogP contribution in [0.5, 0.6) is 11.5 Å². The van der Waals surface area contributed by atoms with Gasteiger partial charge in [-0.25, -0.2) is 8.42 Å². The number of hydrogen-bond donors (Lipinski definition) is 0. The molecule has 224 valence electrons. The topological polar surface area (TPSA) is 116 Å². The summed E-state index contributed by atoms with van der Waals surface area (Å²) in [7, 11) is -4.29. The molecule has 0 N–H and O–H groups in total. The molecule has 0 radical (unpaired) electrons. The summed E-state index contributed by atoms with van der Waals surface area (Å²) in [6, 6.07) is 17.1. The third kappa shape index (κ3) is 4.90. The van der Waals surface area contributed by atoms with Crippen LogP contribution in [-0.4, -0.2) is 92.4 Å². The van der Waals surface area contributed by atoms with E-state index in [1.165, 1.54) is 12.1 Å². The van der Waals surface area contributed by atoms with Gasteiger partial charge in [-0.15, -0.1) is 0 Å². The molecule has 2 fully saturated rings. The third-order valence-corrected chi connectivity index (χ3v) is 10.3. The Hall–Kier alpha value is -4.97. The average molecular weight is 611 g/mol. The van der Waals surface area contributed by atoms with E-state index in [1.807, 2.05) is 24.3 Å². The van der Waals surface area contributed by atoms with Gasteiger partial charge in [0, 0.05) is 88.5 Å². The molecule has 0 unspecified atom stereocenters. The Morgan fingerprint density at radius 1 is 0.568 bits per heavy atom. The van der Waals surface area contributed by atoms with Crippen molar-refractivity contribution in [3.8, 4) is 11.5 Å². The minimum atomic E-state index is -4.29. The number of rotatable bonds is 4. The van der Waals surface area contributed by atoms with Gasteiger partial charge in [0.1, 0.15) is 21.3 Å². The third-order valence-electron chi connectivity index (χ3n) is 8.37. The first-order valence-corrected chi connectivity index (χ1v) is 16.0. The fourth-order valence-corrected chi connectivity index (χ4v) is 7.93. The van der Waals surface area contributed by atoms with Crippen LogP contribution in [0.1, 0.15) is 20.7 Å². The molecule has 7 rings (SSSR count). The monoisotopic (exact) mass is 610 g/mol. The number of carbonyl (C=O) groups is 2. The van der Waals surface area contributed by atoms with Gasteiger partial charge in [-0.2, -0.15) is 0 Å². The molecule has 5 heterocycles. The van der Waals surface area contributed by atoms with Gasteiger partial charge < -0.3 is 24.3 Å². The van der Waals surface area contributed by atoms with Crippen LogP contribution in [-0.2, 0) is 9.84 Å². The Kier molecular flexibility index (Phi) is 7.13. The van der Waals surface area contributed by atoms with Crippen molar-refractivity contribution >= 4 is 33.0 Å². The highest BCUT2D eigenvalue weighted by Gasteiger charge is 2.40. The lowest BCUT2D eigenvalue weighted by Crippen LogP contribution is -2.49. The van der Waals surface area contributed by atoms with Crippen molar-refractivity contribution in [2.24, 2.45) is 0 Å². The number of aromatic nitrogens is 2. The normalized spacial score (nSPS) is 17.4. The van der Waals surface area contributed by atoms with Gasteiger partial charge in [-0.3, -0.25) is 19.6 Å². The van der Waals surface area contributed by atoms with Crippen molar-refractivity contribution in [3.63, 3.8) is 0 Å². The van der Waals surface area contributed by atoms with E-state index in [-0.39, 0.29) is 44.2 Å². The molecule has 44 heavy (non-hydrogen) atoms. The predicted molar refractivity (Wildman–Crippen MR) is 163 cm³/mol. The number of sulfone groups is 1. The average Bonchev–Trinajstić information content (AvgIpc) is 3.08. The number of piperazine rings is 2. The minimum absolute atomic E-state index is 0.0405. The smallest absolute Gasteiger partial charge is 0.255 e. The molecule has 12 heteroatoms. The molecule has 0 bridgehead atoms. The van der Waals surface area contributed by atoms with Crippen LogP contribution in [0.25, 0.3) is 0 Å². The molecule has 4 aromatic rings. The highest BCUT2D eigenvalue weighted by molar-refractivity contribution is 7.92. The SMILES string of the molecule is O=C(c1cccc2c1S(=O)(=O)c1c(cccc1C(=O)N1CCN(c3ccncc3)CC1)O2)N1CCN(c2ccncc2)CC1. The standard InChI is InChI=1S/C32H30N6O5S/c39-31(37-19-15-35(16-20-37)23-7-11-33-12-8-23)25-3-1-5-27-29(25)44(41,42)30-26(4-2-6-28(30)43-27)32(40)38-21-17-36(18-22-38)24-9-13-34-14-10-24/h1-14H,15-22H2. The Labute approximate surface area is 255 Å². The second-order valence-electron chi connectivity index (χ2n) is 10.8. The number of amides is 2. The number of pyridine rings is 2. The number of ether oxygens (including phenoxy) is 1. The van der Waals surface area contributed by atoms with Crippen LogP contribution < -0.4 is 14.5 Å². The molecule has 0 saturated carbocycles. The molecule has 2 amide bonds. The van der Waals surface area contributed by atoms with E-state index >= 15 is 0 Å². The van der Waals surface area contributed by atoms with Crippen LogP contribution in [0.3, 0.4) is 0 Å². The highest BCUT2D eigenvalue weighted by atomic mass is 32.2. The van der Waals surface area contributed by atoms with Crippen LogP contribution in [0.15, 0.2) is 95.2 Å². The minimum Gasteiger partial charge on any atom is -0.455 e. The Morgan fingerprint density at radius 3 is 1.34 bits per heavy atom. The van der Waals surface area contributed by atoms with Gasteiger partial charge in [0.15, 0.2) is 0 Å². The maximum Gasteiger partial charge on any atom is 0.255 e. The van der Waals surface area contributed by atoms with Crippen LogP contribution in [0, 0.1) is 0 Å². The van der Waals surface area contributed by atoms with Crippen LogP contribution in [0.4, 0.5) is 11.4 Å². The molecular formula is C32H30N6O5S. The molecule has 3 aliphatic rings. The predicted octanol–water partition coefficient (Wildman–Crippen LogP) is 3.34. The second kappa shape index (κ2) is 11.3. The van der Waals surface area contributed by atoms with E-state index in [4.69, 9.17) is 4.74 Å². The summed E-state index contributed by atoms with van der Waals surface area (Å²) in [6.07, 6.45) is 6.92. The summed E-state index contributed by atoms with van der Waals surface area (Å²) >= 11 is 0. The molecule has 0 spiro atoms. The number of nitrogens with zero attached hydrogens (tertiary/aromatic N) is 6. The maximum atomic E-state index is 14.3. The lowest BCUT2D eigenvalue weighted by Gasteiger charge is -2.37. The number of carbonyl (C=O) groups excluding carboxylic acids is 2. The number of fused-ring (bicyclic) bond motifs is 2. The fraction of sp³-hybridized carbons (Fsp3) is 0.250. The number of hydrogen-bond acceptors (Lipinski definition) is 9. The Bertz CT molecular complexity index is 1690. The summed E-state index contributed by atoms with van der Waals surface area (Å²) in [4.78, 5) is 43.0. The van der Waals surface area contributed by atoms with E-state index in [2.05, 4.69) is 19.8 Å². The Morgan fingerprint density at radius 2 is 0.955 bits per heavy atom. The zero-order valence-electron chi connectivity index (χ0n) is 23.9. The zero-order chi connectivity index (χ0) is 30.3. The second-order valence-corrected chi connectivity index (χ2v) is 12.7. The molecule has 0 atom stereocenters. The fourth-order valence-electron chi connectivity index (χ4n) is 6.09. The maximum absolute atomic E-state index is 14.3. The highest BCUT2D eigenvalue weighted by Crippen LogP contribution is 2.46. The van der Waals surface area contributed by atoms with Gasteiger partial charge in [0.05, 0.1) is 11.1 Å². The summed E-state index contributed by atoms with van der Waals surface area (Å²) < 4.78 is 34.7. The van der Waals surface area contributed by atoms with Crippen molar-refractivity contribution < 1.29 is 22.7 Å². The van der Waals surface area contributed by atoms with E-state index < -0.39 is 9.84 Å². The molecule has 2 aromatic heterocycles. The van der Waals surface area contributed by atoms with Crippen molar-refractivity contribution in [1.29, 1.82) is 0 Å². The summed E-state index contributed by atoms with van der Waals surface area (Å²) in [5, 5.41) is 0. The molecule has 2 saturated heterocycles. The van der Waals surface area contributed by atoms with Crippen molar-refractivity contribution in [2.75, 3.05) is 62.2 Å². The summed E-state index contributed by atoms with van der Waals surface area (Å²) in [5.74, 6) is -0.616. The summed E-state index contributed by atoms with van der Waals surface area (Å²) in [6.45, 7) is 4.12. The van der Waals surface area contributed by atoms with Gasteiger partial charge in [0.25, 0.3) is 11.8 Å². The van der Waals surface area contributed by atoms with Crippen molar-refractivity contribution in [3.05, 3.63) is 96.6 Å². The number of benzene rings is 2. The Balaban J connectivity index is 1.14. The molecule has 11 nitrogen and oxygen atoms in total. The molecule has 0 aliphatic carbocycles. The molecule has 2 aromatic carbocycles. The van der Waals surface area contributed by atoms with E-state index in [0.717, 1.165) is 11.4 Å². The van der Waals surface area contributed by atoms with E-state index in [0.29, 0.717) is 52.4 Å². The molecular weight excluding hydrogens is 580 g/mol. The largest absolute Gasteiger partial charge is 0.455 e. The molecule has 3 aliphatic heterocycles. The van der Waals surface area contributed by atoms with Gasteiger partial charge >= 0.3 is 0 Å². The van der Waals surface area contributed by atoms with Gasteiger partial charge in [-0.05, 0) is 48.5 Å². The summed E-state index contributed by atoms with van der Waals surface area (Å²) in [5.41, 5.74) is 2.12. The van der Waals surface area contributed by atoms with Crippen LogP contribution in [0.2, 0.25) is 0 Å². The first kappa shape index (κ1) is 27.8. The van der Waals surface area contributed by atoms with Crippen molar-refractivity contribution in [1.82, 2.24) is 19.8 Å². The first-order chi connectivity index (χ1) is 21.4. The lowest BCUT2D eigenvalue weighted by atomic mass is 10.1. The van der Waals surface area contributed by atoms with Gasteiger partial charge in [-0.1, -0.05) is 12.1 Å². The van der Waals surface area contributed by atoms with E-state index in [9.17, 15) is 18.0 Å². The van der Waals surface area contributed by atoms with Gasteiger partial charge in [0.2, 0.25) is 9.84 Å². The van der Waals surface area contributed by atoms with Crippen molar-refractivity contribution in [2.45, 2.75) is 9.79 Å². The van der Waals surface area contributed by atoms with Crippen LogP contribution >= 0.6 is 0 Å². The lowest BCUT2D eigenvalue weighted by molar-refractivity contribution is 0.0737.